The number of esters is 1. The van der Waals surface area contributed by atoms with E-state index in [9.17, 15) is 14.4 Å². The number of likely N-dealkylation sites (tertiary alicyclic amines) is 1. The molecule has 3 rings (SSSR count). The van der Waals surface area contributed by atoms with E-state index in [-0.39, 0.29) is 17.7 Å². The fraction of sp³-hybridized carbons (Fsp3) is 0.273. The Morgan fingerprint density at radius 1 is 1.00 bits per heavy atom. The number of nitrogens with zero attached hydrogens (tertiary/aromatic N) is 2. The van der Waals surface area contributed by atoms with Gasteiger partial charge in [-0.05, 0) is 42.7 Å². The minimum Gasteiger partial charge on any atom is -0.465 e. The number of benzene rings is 2. The van der Waals surface area contributed by atoms with Crippen LogP contribution in [0.25, 0.3) is 0 Å². The Bertz CT molecular complexity index is 886. The van der Waals surface area contributed by atoms with Crippen LogP contribution in [-0.4, -0.2) is 49.1 Å². The summed E-state index contributed by atoms with van der Waals surface area (Å²) in [7, 11) is 1.33. The molecule has 0 saturated carbocycles. The molecule has 2 amide bonds. The number of carbonyl (C=O) groups excluding carboxylic acids is 3. The lowest BCUT2D eigenvalue weighted by Crippen LogP contribution is -2.42. The van der Waals surface area contributed by atoms with E-state index >= 15 is 0 Å². The van der Waals surface area contributed by atoms with Gasteiger partial charge < -0.3 is 9.64 Å². The van der Waals surface area contributed by atoms with Gasteiger partial charge in [-0.15, -0.1) is 0 Å². The number of rotatable bonds is 5. The molecule has 0 bridgehead atoms. The van der Waals surface area contributed by atoms with Crippen molar-refractivity contribution in [1.82, 2.24) is 10.3 Å². The first-order chi connectivity index (χ1) is 14.1. The smallest absolute Gasteiger partial charge is 0.337 e. The number of hydrogen-bond acceptors (Lipinski definition) is 5. The largest absolute Gasteiger partial charge is 0.465 e. The van der Waals surface area contributed by atoms with Gasteiger partial charge in [-0.3, -0.25) is 9.59 Å². The highest BCUT2D eigenvalue weighted by Crippen LogP contribution is 2.19. The standard InChI is InChI=1S/C22H23N3O4/c1-29-22(28)19-9-7-16(8-10-19)15-23-24-20(26)17-11-13-25(14-12-17)21(27)18-5-3-2-4-6-18/h2-10,15,17H,11-14H2,1H3,(H,24,26)/b23-15-. The first kappa shape index (κ1) is 20.3. The van der Waals surface area contributed by atoms with Crippen LogP contribution in [0.2, 0.25) is 0 Å². The molecule has 1 aliphatic heterocycles. The lowest BCUT2D eigenvalue weighted by Gasteiger charge is -2.31. The molecule has 2 aromatic carbocycles. The summed E-state index contributed by atoms with van der Waals surface area (Å²) >= 11 is 0. The average Bonchev–Trinajstić information content (AvgIpc) is 2.79. The first-order valence-corrected chi connectivity index (χ1v) is 9.44. The fourth-order valence-electron chi connectivity index (χ4n) is 3.19. The summed E-state index contributed by atoms with van der Waals surface area (Å²) in [6, 6.07) is 15.9. The van der Waals surface area contributed by atoms with E-state index in [0.29, 0.717) is 37.1 Å². The van der Waals surface area contributed by atoms with Crippen molar-refractivity contribution >= 4 is 24.0 Å². The van der Waals surface area contributed by atoms with Gasteiger partial charge in [-0.2, -0.15) is 5.10 Å². The molecule has 150 valence electrons. The van der Waals surface area contributed by atoms with E-state index < -0.39 is 5.97 Å². The van der Waals surface area contributed by atoms with Gasteiger partial charge in [0.15, 0.2) is 0 Å². The molecule has 0 aliphatic carbocycles. The van der Waals surface area contributed by atoms with E-state index in [1.807, 2.05) is 18.2 Å². The number of hydrazone groups is 1. The van der Waals surface area contributed by atoms with Crippen molar-refractivity contribution in [3.8, 4) is 0 Å². The molecule has 0 unspecified atom stereocenters. The summed E-state index contributed by atoms with van der Waals surface area (Å²) < 4.78 is 4.65. The quantitative estimate of drug-likeness (QED) is 0.480. The normalized spacial score (nSPS) is 14.6. The SMILES string of the molecule is COC(=O)c1ccc(/C=N\NC(=O)C2CCN(C(=O)c3ccccc3)CC2)cc1. The third-order valence-corrected chi connectivity index (χ3v) is 4.89. The number of nitrogens with one attached hydrogen (secondary N) is 1. The van der Waals surface area contributed by atoms with Crippen molar-refractivity contribution in [1.29, 1.82) is 0 Å². The van der Waals surface area contributed by atoms with Crippen LogP contribution in [0.15, 0.2) is 59.7 Å². The van der Waals surface area contributed by atoms with Gasteiger partial charge in [0, 0.05) is 24.6 Å². The second-order valence-corrected chi connectivity index (χ2v) is 6.78. The van der Waals surface area contributed by atoms with Crippen LogP contribution >= 0.6 is 0 Å². The topological polar surface area (TPSA) is 88.1 Å². The number of piperidine rings is 1. The molecule has 7 heteroatoms. The lowest BCUT2D eigenvalue weighted by atomic mass is 9.95. The highest BCUT2D eigenvalue weighted by atomic mass is 16.5. The molecule has 1 heterocycles. The van der Waals surface area contributed by atoms with Crippen LogP contribution < -0.4 is 5.43 Å². The molecular formula is C22H23N3O4. The highest BCUT2D eigenvalue weighted by molar-refractivity contribution is 5.94. The average molecular weight is 393 g/mol. The molecule has 0 spiro atoms. The number of amides is 2. The molecule has 1 fully saturated rings. The van der Waals surface area contributed by atoms with Crippen molar-refractivity contribution in [2.75, 3.05) is 20.2 Å². The molecule has 7 nitrogen and oxygen atoms in total. The minimum absolute atomic E-state index is 0.00196. The van der Waals surface area contributed by atoms with E-state index in [1.54, 1.807) is 41.3 Å². The van der Waals surface area contributed by atoms with Crippen LogP contribution in [0.4, 0.5) is 0 Å². The molecule has 2 aromatic rings. The Morgan fingerprint density at radius 3 is 2.28 bits per heavy atom. The molecule has 0 radical (unpaired) electrons. The van der Waals surface area contributed by atoms with E-state index in [2.05, 4.69) is 15.3 Å². The zero-order valence-corrected chi connectivity index (χ0v) is 16.2. The van der Waals surface area contributed by atoms with Crippen LogP contribution in [-0.2, 0) is 9.53 Å². The van der Waals surface area contributed by atoms with Gasteiger partial charge in [0.1, 0.15) is 0 Å². The Kier molecular flexibility index (Phi) is 6.73. The first-order valence-electron chi connectivity index (χ1n) is 9.44. The van der Waals surface area contributed by atoms with Crippen molar-refractivity contribution in [3.05, 3.63) is 71.3 Å². The Labute approximate surface area is 169 Å². The fourth-order valence-corrected chi connectivity index (χ4v) is 3.19. The number of hydrogen-bond donors (Lipinski definition) is 1. The molecule has 1 N–H and O–H groups in total. The Hall–Kier alpha value is -3.48. The van der Waals surface area contributed by atoms with Gasteiger partial charge in [0.25, 0.3) is 5.91 Å². The summed E-state index contributed by atoms with van der Waals surface area (Å²) in [5, 5.41) is 3.99. The maximum Gasteiger partial charge on any atom is 0.337 e. The number of carbonyl (C=O) groups is 3. The predicted octanol–water partition coefficient (Wildman–Crippen LogP) is 2.48. The third kappa shape index (κ3) is 5.28. The monoisotopic (exact) mass is 393 g/mol. The molecule has 0 atom stereocenters. The van der Waals surface area contributed by atoms with Gasteiger partial charge in [-0.25, -0.2) is 10.2 Å². The third-order valence-electron chi connectivity index (χ3n) is 4.89. The Morgan fingerprint density at radius 2 is 1.66 bits per heavy atom. The zero-order valence-electron chi connectivity index (χ0n) is 16.2. The second-order valence-electron chi connectivity index (χ2n) is 6.78. The lowest BCUT2D eigenvalue weighted by molar-refractivity contribution is -0.126. The molecular weight excluding hydrogens is 370 g/mol. The molecule has 1 saturated heterocycles. The maximum atomic E-state index is 12.5. The molecule has 29 heavy (non-hydrogen) atoms. The van der Waals surface area contributed by atoms with Crippen molar-refractivity contribution in [3.63, 3.8) is 0 Å². The van der Waals surface area contributed by atoms with Crippen molar-refractivity contribution < 1.29 is 19.1 Å². The predicted molar refractivity (Wildman–Crippen MR) is 109 cm³/mol. The van der Waals surface area contributed by atoms with Gasteiger partial charge in [0.2, 0.25) is 5.91 Å². The number of ether oxygens (including phenoxy) is 1. The van der Waals surface area contributed by atoms with E-state index in [0.717, 1.165) is 5.56 Å². The maximum absolute atomic E-state index is 12.5. The van der Waals surface area contributed by atoms with Gasteiger partial charge in [-0.1, -0.05) is 30.3 Å². The van der Waals surface area contributed by atoms with E-state index in [1.165, 1.54) is 13.3 Å². The van der Waals surface area contributed by atoms with E-state index in [4.69, 9.17) is 0 Å². The number of methoxy groups -OCH3 is 1. The van der Waals surface area contributed by atoms with Gasteiger partial charge >= 0.3 is 5.97 Å². The zero-order chi connectivity index (χ0) is 20.6. The summed E-state index contributed by atoms with van der Waals surface area (Å²) in [6.07, 6.45) is 2.73. The van der Waals surface area contributed by atoms with Gasteiger partial charge in [0.05, 0.1) is 18.9 Å². The summed E-state index contributed by atoms with van der Waals surface area (Å²) in [5.41, 5.74) is 4.43. The van der Waals surface area contributed by atoms with Crippen LogP contribution in [0, 0.1) is 5.92 Å². The van der Waals surface area contributed by atoms with Crippen LogP contribution in [0.3, 0.4) is 0 Å². The second kappa shape index (κ2) is 9.64. The molecule has 0 aromatic heterocycles. The molecule has 1 aliphatic rings. The highest BCUT2D eigenvalue weighted by Gasteiger charge is 2.27. The van der Waals surface area contributed by atoms with Crippen molar-refractivity contribution in [2.24, 2.45) is 11.0 Å². The minimum atomic E-state index is -0.404. The summed E-state index contributed by atoms with van der Waals surface area (Å²) in [4.78, 5) is 38.0. The van der Waals surface area contributed by atoms with Crippen LogP contribution in [0.1, 0.15) is 39.1 Å². The summed E-state index contributed by atoms with van der Waals surface area (Å²) in [5.74, 6) is -0.732. The van der Waals surface area contributed by atoms with Crippen molar-refractivity contribution in [2.45, 2.75) is 12.8 Å². The Balaban J connectivity index is 1.47. The summed E-state index contributed by atoms with van der Waals surface area (Å²) in [6.45, 7) is 1.09. The van der Waals surface area contributed by atoms with Crippen LogP contribution in [0.5, 0.6) is 0 Å².